The molecular weight excluding hydrogens is 547 g/mol. The molecule has 6 heterocycles. The Balaban J connectivity index is 1.29. The van der Waals surface area contributed by atoms with Crippen LogP contribution in [0.4, 0.5) is 15.0 Å². The van der Waals surface area contributed by atoms with E-state index in [1.807, 2.05) is 25.7 Å². The molecule has 2 bridgehead atoms. The zero-order valence-corrected chi connectivity index (χ0v) is 25.6. The molecule has 0 spiro atoms. The minimum atomic E-state index is -0.674. The number of hydrogen-bond donors (Lipinski definition) is 0. The number of anilines is 1. The summed E-state index contributed by atoms with van der Waals surface area (Å²) in [6.45, 7) is 13.9. The van der Waals surface area contributed by atoms with Gasteiger partial charge in [-0.05, 0) is 58.3 Å². The van der Waals surface area contributed by atoms with Crippen LogP contribution in [0.2, 0.25) is 5.15 Å². The number of fused-ring (bicyclic) bond motifs is 4. The molecule has 4 fully saturated rings. The molecule has 41 heavy (non-hydrogen) atoms. The number of hydrogen-bond acceptors (Lipinski definition) is 8. The second-order valence-electron chi connectivity index (χ2n) is 13.5. The highest BCUT2D eigenvalue weighted by Gasteiger charge is 2.51. The van der Waals surface area contributed by atoms with Crippen molar-refractivity contribution in [3.8, 4) is 6.01 Å². The van der Waals surface area contributed by atoms with Gasteiger partial charge < -0.3 is 14.4 Å². The van der Waals surface area contributed by atoms with Gasteiger partial charge in [-0.1, -0.05) is 38.3 Å². The lowest BCUT2D eigenvalue weighted by Crippen LogP contribution is -2.57. The summed E-state index contributed by atoms with van der Waals surface area (Å²) in [6.07, 6.45) is 7.50. The third-order valence-corrected chi connectivity index (χ3v) is 9.84. The third kappa shape index (κ3) is 5.31. The van der Waals surface area contributed by atoms with Gasteiger partial charge in [0.05, 0.1) is 23.0 Å². The number of carbonyl (C=O) groups excluding carboxylic acids is 1. The largest absolute Gasteiger partial charge is 0.461 e. The molecule has 224 valence electrons. The number of piperazine rings is 1. The molecule has 0 N–H and O–H groups in total. The molecule has 4 aliphatic rings. The Morgan fingerprint density at radius 2 is 1.71 bits per heavy atom. The minimum Gasteiger partial charge on any atom is -0.461 e. The van der Waals surface area contributed by atoms with Gasteiger partial charge in [-0.25, -0.2) is 14.2 Å². The Hall–Kier alpha value is -2.46. The number of ether oxygens (including phenoxy) is 2. The molecule has 0 aliphatic carbocycles. The Labute approximate surface area is 246 Å². The van der Waals surface area contributed by atoms with E-state index in [9.17, 15) is 4.79 Å². The highest BCUT2D eigenvalue weighted by Crippen LogP contribution is 2.46. The number of aromatic nitrogens is 3. The zero-order chi connectivity index (χ0) is 29.1. The van der Waals surface area contributed by atoms with Gasteiger partial charge in [0.2, 0.25) is 0 Å². The van der Waals surface area contributed by atoms with Gasteiger partial charge in [-0.3, -0.25) is 9.80 Å². The predicted octanol–water partition coefficient (Wildman–Crippen LogP) is 5.68. The molecule has 4 unspecified atom stereocenters. The molecule has 1 amide bonds. The van der Waals surface area contributed by atoms with E-state index < -0.39 is 11.4 Å². The van der Waals surface area contributed by atoms with E-state index in [-0.39, 0.29) is 40.4 Å². The highest BCUT2D eigenvalue weighted by molar-refractivity contribution is 6.30. The van der Waals surface area contributed by atoms with Crippen LogP contribution in [0.1, 0.15) is 73.1 Å². The first kappa shape index (κ1) is 28.6. The normalized spacial score (nSPS) is 29.8. The fraction of sp³-hybridized carbons (Fsp3) is 0.733. The van der Waals surface area contributed by atoms with Crippen LogP contribution in [-0.2, 0) is 4.74 Å². The highest BCUT2D eigenvalue weighted by atomic mass is 35.5. The maximum atomic E-state index is 15.3. The smallest absolute Gasteiger partial charge is 0.410 e. The third-order valence-electron chi connectivity index (χ3n) is 9.58. The molecule has 0 aromatic carbocycles. The van der Waals surface area contributed by atoms with Crippen molar-refractivity contribution in [1.82, 2.24) is 24.8 Å². The van der Waals surface area contributed by atoms with Crippen LogP contribution in [0, 0.1) is 17.7 Å². The monoisotopic (exact) mass is 588 g/mol. The van der Waals surface area contributed by atoms with Gasteiger partial charge in [0.15, 0.2) is 11.0 Å². The van der Waals surface area contributed by atoms with Gasteiger partial charge in [0.1, 0.15) is 23.5 Å². The van der Waals surface area contributed by atoms with E-state index in [4.69, 9.17) is 26.1 Å². The van der Waals surface area contributed by atoms with Gasteiger partial charge >= 0.3 is 12.1 Å². The number of amides is 1. The first-order valence-corrected chi connectivity index (χ1v) is 15.5. The van der Waals surface area contributed by atoms with Gasteiger partial charge in [0.25, 0.3) is 0 Å². The van der Waals surface area contributed by atoms with Crippen molar-refractivity contribution in [3.05, 3.63) is 17.2 Å². The summed E-state index contributed by atoms with van der Waals surface area (Å²) in [5.74, 6) is 1.21. The van der Waals surface area contributed by atoms with Crippen molar-refractivity contribution in [1.29, 1.82) is 0 Å². The zero-order valence-electron chi connectivity index (χ0n) is 24.8. The van der Waals surface area contributed by atoms with Crippen LogP contribution >= 0.6 is 11.6 Å². The van der Waals surface area contributed by atoms with Crippen LogP contribution in [0.5, 0.6) is 6.01 Å². The van der Waals surface area contributed by atoms with Crippen molar-refractivity contribution in [3.63, 3.8) is 0 Å². The molecule has 11 heteroatoms. The van der Waals surface area contributed by atoms with E-state index in [0.717, 1.165) is 51.6 Å². The maximum Gasteiger partial charge on any atom is 0.410 e. The SMILES string of the molecule is CCC1CN2CC(CC)CC2(COc2nc(N3CC4CCC(C3)N4C(=O)OC(C)(C)C)c3cnc(Cl)c(F)c3n2)C1. The summed E-state index contributed by atoms with van der Waals surface area (Å²) in [5, 5.41) is 0.263. The van der Waals surface area contributed by atoms with E-state index in [1.165, 1.54) is 6.20 Å². The van der Waals surface area contributed by atoms with Gasteiger partial charge in [-0.2, -0.15) is 9.97 Å². The second kappa shape index (κ2) is 10.7. The van der Waals surface area contributed by atoms with Crippen molar-refractivity contribution in [2.75, 3.05) is 37.7 Å². The molecule has 4 aliphatic heterocycles. The minimum absolute atomic E-state index is 0.0236. The van der Waals surface area contributed by atoms with Gasteiger partial charge in [-0.15, -0.1) is 0 Å². The summed E-state index contributed by atoms with van der Waals surface area (Å²) in [7, 11) is 0. The Morgan fingerprint density at radius 1 is 1.07 bits per heavy atom. The fourth-order valence-corrected chi connectivity index (χ4v) is 7.72. The van der Waals surface area contributed by atoms with Gasteiger partial charge in [0, 0.05) is 32.4 Å². The van der Waals surface area contributed by atoms with E-state index in [1.54, 1.807) is 0 Å². The summed E-state index contributed by atoms with van der Waals surface area (Å²) < 4.78 is 27.4. The predicted molar refractivity (Wildman–Crippen MR) is 156 cm³/mol. The molecule has 2 aromatic heterocycles. The molecule has 0 radical (unpaired) electrons. The van der Waals surface area contributed by atoms with Crippen LogP contribution in [0.25, 0.3) is 10.9 Å². The van der Waals surface area contributed by atoms with Crippen LogP contribution < -0.4 is 9.64 Å². The molecule has 2 aromatic rings. The lowest BCUT2D eigenvalue weighted by atomic mass is 9.86. The molecule has 4 atom stereocenters. The molecule has 6 rings (SSSR count). The average molecular weight is 589 g/mol. The number of halogens is 2. The summed E-state index contributed by atoms with van der Waals surface area (Å²) in [5.41, 5.74) is -0.489. The number of nitrogens with zero attached hydrogens (tertiary/aromatic N) is 6. The Kier molecular flexibility index (Phi) is 7.46. The molecule has 9 nitrogen and oxygen atoms in total. The fourth-order valence-electron chi connectivity index (χ4n) is 7.58. The van der Waals surface area contributed by atoms with Crippen molar-refractivity contribution in [2.45, 2.75) is 96.4 Å². The lowest BCUT2D eigenvalue weighted by Gasteiger charge is -2.42. The quantitative estimate of drug-likeness (QED) is 0.398. The van der Waals surface area contributed by atoms with Crippen molar-refractivity contribution >= 4 is 34.4 Å². The second-order valence-corrected chi connectivity index (χ2v) is 13.9. The summed E-state index contributed by atoms with van der Waals surface area (Å²) in [6, 6.07) is 0.110. The first-order valence-electron chi connectivity index (χ1n) is 15.2. The Morgan fingerprint density at radius 3 is 2.29 bits per heavy atom. The van der Waals surface area contributed by atoms with Crippen LogP contribution in [0.3, 0.4) is 0 Å². The van der Waals surface area contributed by atoms with E-state index in [0.29, 0.717) is 42.7 Å². The standard InChI is InChI=1S/C30H42ClFN6O3/c1-6-18-10-30(11-19(7-2)14-37(30)13-18)17-40-27-34-24-22(12-33-25(31)23(24)32)26(35-27)36-15-20-8-9-21(16-36)38(20)28(39)41-29(3,4)5/h12,18-21H,6-11,13-17H2,1-5H3. The summed E-state index contributed by atoms with van der Waals surface area (Å²) >= 11 is 6.09. The lowest BCUT2D eigenvalue weighted by molar-refractivity contribution is 0.0122. The molecule has 4 saturated heterocycles. The first-order chi connectivity index (χ1) is 19.5. The maximum absolute atomic E-state index is 15.3. The van der Waals surface area contributed by atoms with E-state index in [2.05, 4.69) is 33.6 Å². The average Bonchev–Trinajstić information content (AvgIpc) is 3.53. The summed E-state index contributed by atoms with van der Waals surface area (Å²) in [4.78, 5) is 33.1. The van der Waals surface area contributed by atoms with E-state index >= 15 is 4.39 Å². The molecule has 0 saturated carbocycles. The number of rotatable bonds is 6. The number of pyridine rings is 1. The van der Waals surface area contributed by atoms with Crippen LogP contribution in [-0.4, -0.2) is 86.9 Å². The molecular formula is C30H42ClFN6O3. The van der Waals surface area contributed by atoms with Crippen LogP contribution in [0.15, 0.2) is 6.20 Å². The Bertz CT molecular complexity index is 1290. The topological polar surface area (TPSA) is 83.9 Å². The number of carbonyl (C=O) groups is 1. The van der Waals surface area contributed by atoms with Crippen molar-refractivity contribution < 1.29 is 18.7 Å². The van der Waals surface area contributed by atoms with Crippen molar-refractivity contribution in [2.24, 2.45) is 11.8 Å².